The van der Waals surface area contributed by atoms with Crippen LogP contribution in [0, 0.1) is 6.92 Å². The van der Waals surface area contributed by atoms with Gasteiger partial charge in [-0.25, -0.2) is 8.42 Å². The first-order chi connectivity index (χ1) is 18.8. The van der Waals surface area contributed by atoms with Gasteiger partial charge in [0.2, 0.25) is 11.8 Å². The van der Waals surface area contributed by atoms with Gasteiger partial charge >= 0.3 is 0 Å². The Morgan fingerprint density at radius 3 is 2.08 bits per heavy atom. The molecule has 3 aromatic carbocycles. The Hall–Kier alpha value is -3.07. The van der Waals surface area contributed by atoms with Gasteiger partial charge in [0.1, 0.15) is 12.6 Å². The lowest BCUT2D eigenvalue weighted by molar-refractivity contribution is -0.139. The van der Waals surface area contributed by atoms with Crippen molar-refractivity contribution in [2.24, 2.45) is 0 Å². The Bertz CT molecular complexity index is 1440. The Labute approximate surface area is 247 Å². The van der Waals surface area contributed by atoms with Crippen LogP contribution < -0.4 is 9.62 Å². The van der Waals surface area contributed by atoms with Crippen molar-refractivity contribution in [1.82, 2.24) is 10.2 Å². The number of aryl methyl sites for hydroxylation is 1. The SMILES string of the molecule is CCNC(=O)C(C)N(Cc1ccc(Cl)c(Cl)c1)C(=O)CN(c1ccc(C(C)C)cc1)S(=O)(=O)c1ccc(C)cc1. The van der Waals surface area contributed by atoms with Crippen LogP contribution in [-0.2, 0) is 26.2 Å². The van der Waals surface area contributed by atoms with Crippen LogP contribution in [0.5, 0.6) is 0 Å². The van der Waals surface area contributed by atoms with E-state index in [1.54, 1.807) is 56.3 Å². The number of amides is 2. The average Bonchev–Trinajstić information content (AvgIpc) is 2.92. The van der Waals surface area contributed by atoms with E-state index < -0.39 is 28.5 Å². The standard InChI is InChI=1S/C30H35Cl2N3O4S/c1-6-33-30(37)22(5)34(18-23-9-16-27(31)28(32)17-23)29(36)19-35(25-12-10-24(11-13-25)20(2)3)40(38,39)26-14-7-21(4)8-15-26/h7-17,20,22H,6,18-19H2,1-5H3,(H,33,37). The van der Waals surface area contributed by atoms with Gasteiger partial charge in [-0.3, -0.25) is 13.9 Å². The zero-order valence-corrected chi connectivity index (χ0v) is 25.6. The van der Waals surface area contributed by atoms with Crippen molar-refractivity contribution in [1.29, 1.82) is 0 Å². The number of hydrogen-bond donors (Lipinski definition) is 1. The molecular formula is C30H35Cl2N3O4S. The van der Waals surface area contributed by atoms with Crippen LogP contribution in [0.4, 0.5) is 5.69 Å². The van der Waals surface area contributed by atoms with Crippen molar-refractivity contribution in [2.75, 3.05) is 17.4 Å². The van der Waals surface area contributed by atoms with E-state index in [0.29, 0.717) is 27.8 Å². The number of benzene rings is 3. The van der Waals surface area contributed by atoms with Crippen molar-refractivity contribution in [3.63, 3.8) is 0 Å². The van der Waals surface area contributed by atoms with Crippen molar-refractivity contribution in [3.8, 4) is 0 Å². The van der Waals surface area contributed by atoms with Crippen LogP contribution in [-0.4, -0.2) is 44.3 Å². The molecule has 0 radical (unpaired) electrons. The number of anilines is 1. The molecular weight excluding hydrogens is 569 g/mol. The smallest absolute Gasteiger partial charge is 0.264 e. The highest BCUT2D eigenvalue weighted by Gasteiger charge is 2.32. The lowest BCUT2D eigenvalue weighted by Gasteiger charge is -2.32. The van der Waals surface area contributed by atoms with Crippen molar-refractivity contribution >= 4 is 50.7 Å². The number of rotatable bonds is 11. The molecule has 0 aliphatic rings. The quantitative estimate of drug-likeness (QED) is 0.284. The van der Waals surface area contributed by atoms with Crippen molar-refractivity contribution in [3.05, 3.63) is 93.5 Å². The highest BCUT2D eigenvalue weighted by molar-refractivity contribution is 7.92. The van der Waals surface area contributed by atoms with E-state index in [1.165, 1.54) is 17.0 Å². The summed E-state index contributed by atoms with van der Waals surface area (Å²) < 4.78 is 28.9. The third-order valence-electron chi connectivity index (χ3n) is 6.59. The van der Waals surface area contributed by atoms with Crippen LogP contribution in [0.3, 0.4) is 0 Å². The average molecular weight is 605 g/mol. The topological polar surface area (TPSA) is 86.8 Å². The second-order valence-corrected chi connectivity index (χ2v) is 12.6. The van der Waals surface area contributed by atoms with Crippen molar-refractivity contribution in [2.45, 2.75) is 58.0 Å². The normalized spacial score (nSPS) is 12.2. The molecule has 0 aromatic heterocycles. The molecule has 1 atom stereocenters. The summed E-state index contributed by atoms with van der Waals surface area (Å²) in [5.41, 5.74) is 2.94. The molecule has 0 heterocycles. The lowest BCUT2D eigenvalue weighted by Crippen LogP contribution is -2.51. The van der Waals surface area contributed by atoms with E-state index in [0.717, 1.165) is 15.4 Å². The van der Waals surface area contributed by atoms with E-state index in [1.807, 2.05) is 32.9 Å². The number of sulfonamides is 1. The molecule has 3 rings (SSSR count). The minimum atomic E-state index is -4.13. The highest BCUT2D eigenvalue weighted by atomic mass is 35.5. The zero-order chi connectivity index (χ0) is 29.6. The predicted molar refractivity (Wildman–Crippen MR) is 161 cm³/mol. The summed E-state index contributed by atoms with van der Waals surface area (Å²) in [4.78, 5) is 28.2. The van der Waals surface area contributed by atoms with Gasteiger partial charge in [-0.15, -0.1) is 0 Å². The van der Waals surface area contributed by atoms with E-state index in [4.69, 9.17) is 23.2 Å². The van der Waals surface area contributed by atoms with E-state index >= 15 is 0 Å². The van der Waals surface area contributed by atoms with Gasteiger partial charge in [0, 0.05) is 13.1 Å². The molecule has 0 bridgehead atoms. The van der Waals surface area contributed by atoms with Gasteiger partial charge in [0.15, 0.2) is 0 Å². The van der Waals surface area contributed by atoms with Crippen LogP contribution in [0.2, 0.25) is 10.0 Å². The van der Waals surface area contributed by atoms with Crippen LogP contribution in [0.1, 0.15) is 50.3 Å². The summed E-state index contributed by atoms with van der Waals surface area (Å²) in [7, 11) is -4.13. The molecule has 0 aliphatic carbocycles. The third kappa shape index (κ3) is 7.56. The first-order valence-electron chi connectivity index (χ1n) is 13.1. The molecule has 0 fully saturated rings. The third-order valence-corrected chi connectivity index (χ3v) is 9.12. The predicted octanol–water partition coefficient (Wildman–Crippen LogP) is 6.17. The van der Waals surface area contributed by atoms with Crippen LogP contribution in [0.15, 0.2) is 71.6 Å². The molecule has 7 nitrogen and oxygen atoms in total. The maximum Gasteiger partial charge on any atom is 0.264 e. The second kappa shape index (κ2) is 13.5. The Kier molecular flexibility index (Phi) is 10.6. The molecule has 0 saturated heterocycles. The number of likely N-dealkylation sites (N-methyl/N-ethyl adjacent to an activating group) is 1. The molecule has 0 aliphatic heterocycles. The Morgan fingerprint density at radius 1 is 0.900 bits per heavy atom. The number of halogens is 2. The maximum absolute atomic E-state index is 13.9. The molecule has 3 aromatic rings. The summed E-state index contributed by atoms with van der Waals surface area (Å²) in [6.45, 7) is 9.25. The summed E-state index contributed by atoms with van der Waals surface area (Å²) in [5.74, 6) is -0.656. The largest absolute Gasteiger partial charge is 0.355 e. The van der Waals surface area contributed by atoms with Crippen LogP contribution >= 0.6 is 23.2 Å². The summed E-state index contributed by atoms with van der Waals surface area (Å²) >= 11 is 12.3. The lowest BCUT2D eigenvalue weighted by atomic mass is 10.0. The summed E-state index contributed by atoms with van der Waals surface area (Å²) in [6, 6.07) is 17.6. The minimum absolute atomic E-state index is 0.0265. The van der Waals surface area contributed by atoms with Gasteiger partial charge in [-0.1, -0.05) is 72.9 Å². The van der Waals surface area contributed by atoms with Gasteiger partial charge in [-0.2, -0.15) is 0 Å². The first-order valence-corrected chi connectivity index (χ1v) is 15.2. The molecule has 40 heavy (non-hydrogen) atoms. The number of nitrogens with zero attached hydrogens (tertiary/aromatic N) is 2. The zero-order valence-electron chi connectivity index (χ0n) is 23.3. The van der Waals surface area contributed by atoms with E-state index in [-0.39, 0.29) is 23.3 Å². The van der Waals surface area contributed by atoms with Gasteiger partial charge in [-0.05, 0) is 74.2 Å². The molecule has 1 N–H and O–H groups in total. The molecule has 0 spiro atoms. The number of carbonyl (C=O) groups is 2. The second-order valence-electron chi connectivity index (χ2n) is 9.91. The maximum atomic E-state index is 13.9. The number of hydrogen-bond acceptors (Lipinski definition) is 4. The molecule has 1 unspecified atom stereocenters. The molecule has 10 heteroatoms. The molecule has 0 saturated carbocycles. The van der Waals surface area contributed by atoms with Crippen molar-refractivity contribution < 1.29 is 18.0 Å². The number of nitrogens with one attached hydrogen (secondary N) is 1. The van der Waals surface area contributed by atoms with Crippen LogP contribution in [0.25, 0.3) is 0 Å². The summed E-state index contributed by atoms with van der Waals surface area (Å²) in [5, 5.41) is 3.41. The first kappa shape index (κ1) is 31.5. The minimum Gasteiger partial charge on any atom is -0.355 e. The summed E-state index contributed by atoms with van der Waals surface area (Å²) in [6.07, 6.45) is 0. The Balaban J connectivity index is 2.05. The fourth-order valence-corrected chi connectivity index (χ4v) is 5.87. The van der Waals surface area contributed by atoms with Gasteiger partial charge in [0.05, 0.1) is 20.6 Å². The van der Waals surface area contributed by atoms with E-state index in [2.05, 4.69) is 5.32 Å². The fraction of sp³-hybridized carbons (Fsp3) is 0.333. The van der Waals surface area contributed by atoms with E-state index in [9.17, 15) is 18.0 Å². The highest BCUT2D eigenvalue weighted by Crippen LogP contribution is 2.28. The molecule has 2 amide bonds. The Morgan fingerprint density at radius 2 is 1.52 bits per heavy atom. The molecule has 214 valence electrons. The van der Waals surface area contributed by atoms with Gasteiger partial charge in [0.25, 0.3) is 10.0 Å². The monoisotopic (exact) mass is 603 g/mol. The number of carbonyl (C=O) groups excluding carboxylic acids is 2. The fourth-order valence-electron chi connectivity index (χ4n) is 4.13. The van der Waals surface area contributed by atoms with Gasteiger partial charge < -0.3 is 10.2 Å².